The van der Waals surface area contributed by atoms with Crippen molar-refractivity contribution in [1.29, 1.82) is 0 Å². The fourth-order valence-corrected chi connectivity index (χ4v) is 2.27. The van der Waals surface area contributed by atoms with E-state index in [4.69, 9.17) is 17.3 Å². The van der Waals surface area contributed by atoms with E-state index in [9.17, 15) is 0 Å². The maximum atomic E-state index is 6.10. The van der Waals surface area contributed by atoms with Crippen LogP contribution in [0, 0.1) is 5.92 Å². The van der Waals surface area contributed by atoms with Crippen molar-refractivity contribution >= 4 is 27.5 Å². The molecule has 1 aliphatic rings. The van der Waals surface area contributed by atoms with Crippen LogP contribution < -0.4 is 5.73 Å². The molecule has 76 valence electrons. The largest absolute Gasteiger partial charge is 0.324 e. The second-order valence-electron chi connectivity index (χ2n) is 3.95. The van der Waals surface area contributed by atoms with Crippen LogP contribution in [0.3, 0.4) is 0 Å². The molecule has 0 heterocycles. The maximum absolute atomic E-state index is 6.10. The molecule has 0 aliphatic heterocycles. The molecule has 1 saturated carbocycles. The van der Waals surface area contributed by atoms with Gasteiger partial charge in [-0.25, -0.2) is 0 Å². The van der Waals surface area contributed by atoms with Crippen molar-refractivity contribution in [3.63, 3.8) is 0 Å². The first-order valence-electron chi connectivity index (χ1n) is 4.87. The third-order valence-corrected chi connectivity index (χ3v) is 3.48. The van der Waals surface area contributed by atoms with Crippen LogP contribution in [-0.4, -0.2) is 0 Å². The van der Waals surface area contributed by atoms with Crippen LogP contribution in [0.4, 0.5) is 0 Å². The lowest BCUT2D eigenvalue weighted by molar-refractivity contribution is 0.597. The molecule has 1 nitrogen and oxygen atoms in total. The summed E-state index contributed by atoms with van der Waals surface area (Å²) in [6.45, 7) is 0. The molecule has 1 aromatic rings. The number of rotatable bonds is 3. The number of nitrogens with two attached hydrogens (primary N) is 1. The molecule has 0 aromatic heterocycles. The van der Waals surface area contributed by atoms with Gasteiger partial charge in [0.05, 0.1) is 0 Å². The molecule has 2 N–H and O–H groups in total. The molecule has 0 unspecified atom stereocenters. The van der Waals surface area contributed by atoms with Crippen molar-refractivity contribution in [2.45, 2.75) is 25.3 Å². The fourth-order valence-electron chi connectivity index (χ4n) is 1.64. The van der Waals surface area contributed by atoms with Gasteiger partial charge in [0.1, 0.15) is 0 Å². The highest BCUT2D eigenvalue weighted by Crippen LogP contribution is 2.38. The monoisotopic (exact) mass is 273 g/mol. The molecule has 2 rings (SSSR count). The van der Waals surface area contributed by atoms with Gasteiger partial charge in [0.2, 0.25) is 0 Å². The van der Waals surface area contributed by atoms with E-state index in [0.29, 0.717) is 0 Å². The highest BCUT2D eigenvalue weighted by atomic mass is 79.9. The van der Waals surface area contributed by atoms with Gasteiger partial charge < -0.3 is 5.73 Å². The Labute approximate surface area is 97.8 Å². The van der Waals surface area contributed by atoms with E-state index < -0.39 is 0 Å². The number of hydrogen-bond donors (Lipinski definition) is 1. The normalized spacial score (nSPS) is 18.2. The first-order valence-corrected chi connectivity index (χ1v) is 6.04. The van der Waals surface area contributed by atoms with Crippen molar-refractivity contribution in [3.05, 3.63) is 33.3 Å². The summed E-state index contributed by atoms with van der Waals surface area (Å²) in [6, 6.07) is 5.95. The van der Waals surface area contributed by atoms with Gasteiger partial charge in [0, 0.05) is 15.5 Å². The lowest BCUT2D eigenvalue weighted by Gasteiger charge is -2.13. The minimum absolute atomic E-state index is 0.0903. The average Bonchev–Trinajstić information content (AvgIpc) is 2.93. The molecule has 0 saturated heterocycles. The summed E-state index contributed by atoms with van der Waals surface area (Å²) >= 11 is 9.53. The average molecular weight is 275 g/mol. The van der Waals surface area contributed by atoms with Crippen LogP contribution in [-0.2, 0) is 0 Å². The Bertz CT molecular complexity index is 336. The lowest BCUT2D eigenvalue weighted by Crippen LogP contribution is -2.11. The Morgan fingerprint density at radius 3 is 2.86 bits per heavy atom. The van der Waals surface area contributed by atoms with E-state index in [2.05, 4.69) is 15.9 Å². The van der Waals surface area contributed by atoms with E-state index in [1.807, 2.05) is 18.2 Å². The van der Waals surface area contributed by atoms with Crippen LogP contribution in [0.1, 0.15) is 30.9 Å². The first kappa shape index (κ1) is 10.5. The van der Waals surface area contributed by atoms with Crippen LogP contribution in [0.5, 0.6) is 0 Å². The van der Waals surface area contributed by atoms with E-state index in [1.165, 1.54) is 12.8 Å². The second-order valence-corrected chi connectivity index (χ2v) is 5.27. The Kier molecular flexibility index (Phi) is 3.15. The van der Waals surface area contributed by atoms with Crippen LogP contribution >= 0.6 is 27.5 Å². The SMILES string of the molecule is N[C@@H](CC1CC1)c1cc(Br)ccc1Cl. The standard InChI is InChI=1S/C11H13BrClN/c12-8-3-4-10(13)9(6-8)11(14)5-7-1-2-7/h3-4,6-7,11H,1-2,5,14H2/t11-/m0/s1. The third kappa shape index (κ3) is 2.50. The summed E-state index contributed by atoms with van der Waals surface area (Å²) in [7, 11) is 0. The third-order valence-electron chi connectivity index (χ3n) is 2.64. The summed E-state index contributed by atoms with van der Waals surface area (Å²) in [5, 5.41) is 0.779. The van der Waals surface area contributed by atoms with Gasteiger partial charge in [-0.05, 0) is 36.1 Å². The highest BCUT2D eigenvalue weighted by Gasteiger charge is 2.25. The van der Waals surface area contributed by atoms with Gasteiger partial charge in [-0.1, -0.05) is 40.4 Å². The maximum Gasteiger partial charge on any atom is 0.0454 e. The summed E-state index contributed by atoms with van der Waals surface area (Å²) < 4.78 is 1.04. The Balaban J connectivity index is 2.15. The zero-order chi connectivity index (χ0) is 10.1. The molecule has 3 heteroatoms. The van der Waals surface area contributed by atoms with Crippen molar-refractivity contribution in [1.82, 2.24) is 0 Å². The minimum Gasteiger partial charge on any atom is -0.324 e. The smallest absolute Gasteiger partial charge is 0.0454 e. The quantitative estimate of drug-likeness (QED) is 0.889. The number of hydrogen-bond acceptors (Lipinski definition) is 1. The molecular weight excluding hydrogens is 261 g/mol. The first-order chi connectivity index (χ1) is 6.66. The topological polar surface area (TPSA) is 26.0 Å². The molecule has 1 aromatic carbocycles. The van der Waals surface area contributed by atoms with Gasteiger partial charge >= 0.3 is 0 Å². The molecule has 14 heavy (non-hydrogen) atoms. The Hall–Kier alpha value is -0.0500. The van der Waals surface area contributed by atoms with Crippen molar-refractivity contribution in [3.8, 4) is 0 Å². The van der Waals surface area contributed by atoms with Gasteiger partial charge in [0.25, 0.3) is 0 Å². The molecular formula is C11H13BrClN. The van der Waals surface area contributed by atoms with Gasteiger partial charge in [0.15, 0.2) is 0 Å². The second kappa shape index (κ2) is 4.21. The van der Waals surface area contributed by atoms with Crippen molar-refractivity contribution in [2.24, 2.45) is 11.7 Å². The van der Waals surface area contributed by atoms with Crippen molar-refractivity contribution in [2.75, 3.05) is 0 Å². The molecule has 0 spiro atoms. The molecule has 1 atom stereocenters. The zero-order valence-corrected chi connectivity index (χ0v) is 10.2. The van der Waals surface area contributed by atoms with Crippen LogP contribution in [0.2, 0.25) is 5.02 Å². The highest BCUT2D eigenvalue weighted by molar-refractivity contribution is 9.10. The Morgan fingerprint density at radius 1 is 1.50 bits per heavy atom. The molecule has 0 amide bonds. The van der Waals surface area contributed by atoms with E-state index in [1.54, 1.807) is 0 Å². The van der Waals surface area contributed by atoms with Crippen LogP contribution in [0.15, 0.2) is 22.7 Å². The van der Waals surface area contributed by atoms with E-state index >= 15 is 0 Å². The molecule has 0 radical (unpaired) electrons. The van der Waals surface area contributed by atoms with Crippen molar-refractivity contribution < 1.29 is 0 Å². The molecule has 1 aliphatic carbocycles. The summed E-state index contributed by atoms with van der Waals surface area (Å²) in [4.78, 5) is 0. The van der Waals surface area contributed by atoms with Crippen LogP contribution in [0.25, 0.3) is 0 Å². The zero-order valence-electron chi connectivity index (χ0n) is 7.84. The molecule has 0 bridgehead atoms. The predicted molar refractivity (Wildman–Crippen MR) is 63.4 cm³/mol. The lowest BCUT2D eigenvalue weighted by atomic mass is 10.0. The van der Waals surface area contributed by atoms with E-state index in [0.717, 1.165) is 27.4 Å². The van der Waals surface area contributed by atoms with Gasteiger partial charge in [-0.2, -0.15) is 0 Å². The minimum atomic E-state index is 0.0903. The summed E-state index contributed by atoms with van der Waals surface area (Å²) in [6.07, 6.45) is 3.73. The predicted octanol–water partition coefficient (Wildman–Crippen LogP) is 3.90. The number of benzene rings is 1. The molecule has 1 fully saturated rings. The fraction of sp³-hybridized carbons (Fsp3) is 0.455. The summed E-state index contributed by atoms with van der Waals surface area (Å²) in [5.41, 5.74) is 7.16. The van der Waals surface area contributed by atoms with E-state index in [-0.39, 0.29) is 6.04 Å². The van der Waals surface area contributed by atoms with Gasteiger partial charge in [-0.15, -0.1) is 0 Å². The van der Waals surface area contributed by atoms with Gasteiger partial charge in [-0.3, -0.25) is 0 Å². The summed E-state index contributed by atoms with van der Waals surface area (Å²) in [5.74, 6) is 0.833. The Morgan fingerprint density at radius 2 is 2.21 bits per heavy atom. The number of halogens is 2.